The van der Waals surface area contributed by atoms with Gasteiger partial charge in [-0.25, -0.2) is 4.98 Å². The first kappa shape index (κ1) is 8.37. The van der Waals surface area contributed by atoms with E-state index in [-0.39, 0.29) is 10.3 Å². The van der Waals surface area contributed by atoms with E-state index in [1.54, 1.807) is 12.3 Å². The van der Waals surface area contributed by atoms with E-state index in [2.05, 4.69) is 20.2 Å². The minimum atomic E-state index is -0.216. The SMILES string of the molecule is O=c1[nH]c(=S)nc2ccc3c[nH][nH]c3c12. The van der Waals surface area contributed by atoms with Crippen LogP contribution in [0, 0.1) is 4.77 Å². The molecule has 74 valence electrons. The first-order valence-electron chi connectivity index (χ1n) is 4.34. The molecule has 0 radical (unpaired) electrons. The van der Waals surface area contributed by atoms with Gasteiger partial charge < -0.3 is 5.10 Å². The zero-order valence-corrected chi connectivity index (χ0v) is 8.31. The third-order valence-corrected chi connectivity index (χ3v) is 2.50. The third-order valence-electron chi connectivity index (χ3n) is 2.31. The first-order valence-corrected chi connectivity index (χ1v) is 4.75. The van der Waals surface area contributed by atoms with Gasteiger partial charge in [-0.3, -0.25) is 14.9 Å². The number of hydrogen-bond acceptors (Lipinski definition) is 3. The van der Waals surface area contributed by atoms with Gasteiger partial charge >= 0.3 is 0 Å². The number of aromatic nitrogens is 4. The van der Waals surface area contributed by atoms with Gasteiger partial charge in [0.15, 0.2) is 4.77 Å². The summed E-state index contributed by atoms with van der Waals surface area (Å²) in [7, 11) is 0. The molecular formula is C9H6N4OS. The molecule has 0 saturated heterocycles. The number of benzene rings is 1. The van der Waals surface area contributed by atoms with Crippen LogP contribution in [-0.2, 0) is 0 Å². The Morgan fingerprint density at radius 2 is 2.20 bits per heavy atom. The Kier molecular flexibility index (Phi) is 1.54. The highest BCUT2D eigenvalue weighted by Crippen LogP contribution is 2.17. The Hall–Kier alpha value is -1.95. The van der Waals surface area contributed by atoms with E-state index < -0.39 is 0 Å². The van der Waals surface area contributed by atoms with Crippen molar-refractivity contribution in [3.05, 3.63) is 33.5 Å². The summed E-state index contributed by atoms with van der Waals surface area (Å²) in [5.41, 5.74) is 1.13. The molecule has 3 aromatic rings. The molecule has 6 heteroatoms. The predicted octanol–water partition coefficient (Wildman–Crippen LogP) is 1.46. The van der Waals surface area contributed by atoms with Gasteiger partial charge in [-0.1, -0.05) is 0 Å². The molecule has 0 spiro atoms. The summed E-state index contributed by atoms with van der Waals surface area (Å²) >= 11 is 4.84. The Morgan fingerprint density at radius 3 is 3.07 bits per heavy atom. The fraction of sp³-hybridized carbons (Fsp3) is 0. The molecule has 0 fully saturated rings. The molecule has 5 nitrogen and oxygen atoms in total. The van der Waals surface area contributed by atoms with Crippen LogP contribution in [0.15, 0.2) is 23.1 Å². The summed E-state index contributed by atoms with van der Waals surface area (Å²) in [6, 6.07) is 3.66. The monoisotopic (exact) mass is 218 g/mol. The summed E-state index contributed by atoms with van der Waals surface area (Å²) in [6.45, 7) is 0. The van der Waals surface area contributed by atoms with E-state index in [0.717, 1.165) is 10.9 Å². The number of fused-ring (bicyclic) bond motifs is 3. The van der Waals surface area contributed by atoms with E-state index >= 15 is 0 Å². The van der Waals surface area contributed by atoms with Crippen LogP contribution in [0.4, 0.5) is 0 Å². The molecule has 15 heavy (non-hydrogen) atoms. The standard InChI is InChI=1S/C9H6N4OS/c14-8-6-5(11-9(15)12-8)2-1-4-3-10-13-7(4)6/h1-3,10,13H,(H,12,14,15). The Labute approximate surface area is 88.2 Å². The molecule has 1 aromatic carbocycles. The zero-order valence-electron chi connectivity index (χ0n) is 7.50. The van der Waals surface area contributed by atoms with Gasteiger partial charge in [-0.2, -0.15) is 0 Å². The summed E-state index contributed by atoms with van der Waals surface area (Å²) in [5.74, 6) is 0. The van der Waals surface area contributed by atoms with Crippen LogP contribution in [0.5, 0.6) is 0 Å². The number of hydrogen-bond donors (Lipinski definition) is 3. The minimum Gasteiger partial charge on any atom is -0.307 e. The van der Waals surface area contributed by atoms with Crippen molar-refractivity contribution in [2.75, 3.05) is 0 Å². The maximum Gasteiger partial charge on any atom is 0.261 e. The second kappa shape index (κ2) is 2.77. The van der Waals surface area contributed by atoms with Crippen LogP contribution in [0.25, 0.3) is 21.8 Å². The molecule has 0 atom stereocenters. The molecule has 0 aliphatic heterocycles. The van der Waals surface area contributed by atoms with Crippen molar-refractivity contribution >= 4 is 34.0 Å². The number of nitrogens with one attached hydrogen (secondary N) is 3. The van der Waals surface area contributed by atoms with Gasteiger partial charge in [0.2, 0.25) is 0 Å². The molecule has 0 aliphatic rings. The molecule has 2 aromatic heterocycles. The second-order valence-corrected chi connectivity index (χ2v) is 3.60. The van der Waals surface area contributed by atoms with Gasteiger partial charge in [0, 0.05) is 11.6 Å². The van der Waals surface area contributed by atoms with Crippen LogP contribution < -0.4 is 5.56 Å². The maximum absolute atomic E-state index is 11.7. The Balaban J connectivity index is 2.74. The summed E-state index contributed by atoms with van der Waals surface area (Å²) < 4.78 is 0.211. The van der Waals surface area contributed by atoms with E-state index in [4.69, 9.17) is 12.2 Å². The molecule has 0 unspecified atom stereocenters. The van der Waals surface area contributed by atoms with Crippen molar-refractivity contribution < 1.29 is 0 Å². The maximum atomic E-state index is 11.7. The molecule has 2 heterocycles. The third kappa shape index (κ3) is 1.11. The fourth-order valence-electron chi connectivity index (χ4n) is 1.67. The summed E-state index contributed by atoms with van der Waals surface area (Å²) in [4.78, 5) is 18.3. The smallest absolute Gasteiger partial charge is 0.261 e. The molecule has 0 saturated carbocycles. The lowest BCUT2D eigenvalue weighted by Crippen LogP contribution is -2.08. The quantitative estimate of drug-likeness (QED) is 0.500. The van der Waals surface area contributed by atoms with Crippen molar-refractivity contribution in [1.29, 1.82) is 0 Å². The normalized spacial score (nSPS) is 11.2. The topological polar surface area (TPSA) is 77.3 Å². The molecule has 3 N–H and O–H groups in total. The van der Waals surface area contributed by atoms with Crippen molar-refractivity contribution in [2.45, 2.75) is 0 Å². The summed E-state index contributed by atoms with van der Waals surface area (Å²) in [5, 5.41) is 7.21. The highest BCUT2D eigenvalue weighted by Gasteiger charge is 2.06. The van der Waals surface area contributed by atoms with Crippen LogP contribution in [0.2, 0.25) is 0 Å². The summed E-state index contributed by atoms with van der Waals surface area (Å²) in [6.07, 6.45) is 1.79. The largest absolute Gasteiger partial charge is 0.307 e. The van der Waals surface area contributed by atoms with E-state index in [9.17, 15) is 4.79 Å². The average Bonchev–Trinajstić information content (AvgIpc) is 2.63. The lowest BCUT2D eigenvalue weighted by Gasteiger charge is -1.96. The molecule has 0 amide bonds. The highest BCUT2D eigenvalue weighted by molar-refractivity contribution is 7.71. The van der Waals surface area contributed by atoms with Gasteiger partial charge in [-0.05, 0) is 24.4 Å². The Morgan fingerprint density at radius 1 is 1.33 bits per heavy atom. The molecule has 0 aliphatic carbocycles. The van der Waals surface area contributed by atoms with Gasteiger partial charge in [0.25, 0.3) is 5.56 Å². The Bertz CT molecular complexity index is 767. The van der Waals surface area contributed by atoms with Crippen LogP contribution >= 0.6 is 12.2 Å². The highest BCUT2D eigenvalue weighted by atomic mass is 32.1. The van der Waals surface area contributed by atoms with Crippen LogP contribution in [-0.4, -0.2) is 20.2 Å². The first-order chi connectivity index (χ1) is 7.25. The molecule has 3 rings (SSSR count). The van der Waals surface area contributed by atoms with Crippen LogP contribution in [0.1, 0.15) is 0 Å². The van der Waals surface area contributed by atoms with E-state index in [0.29, 0.717) is 10.9 Å². The van der Waals surface area contributed by atoms with Gasteiger partial charge in [0.1, 0.15) is 0 Å². The van der Waals surface area contributed by atoms with Crippen molar-refractivity contribution in [3.63, 3.8) is 0 Å². The van der Waals surface area contributed by atoms with Crippen LogP contribution in [0.3, 0.4) is 0 Å². The second-order valence-electron chi connectivity index (χ2n) is 3.21. The van der Waals surface area contributed by atoms with E-state index in [1.807, 2.05) is 6.07 Å². The van der Waals surface area contributed by atoms with Gasteiger partial charge in [-0.15, -0.1) is 0 Å². The predicted molar refractivity (Wildman–Crippen MR) is 59.4 cm³/mol. The number of rotatable bonds is 0. The fourth-order valence-corrected chi connectivity index (χ4v) is 1.86. The average molecular weight is 218 g/mol. The number of nitrogens with zero attached hydrogens (tertiary/aromatic N) is 1. The lowest BCUT2D eigenvalue weighted by atomic mass is 10.2. The van der Waals surface area contributed by atoms with Crippen molar-refractivity contribution in [2.24, 2.45) is 0 Å². The lowest BCUT2D eigenvalue weighted by molar-refractivity contribution is 1.11. The number of aromatic amines is 3. The van der Waals surface area contributed by atoms with E-state index in [1.165, 1.54) is 0 Å². The van der Waals surface area contributed by atoms with Crippen molar-refractivity contribution in [3.8, 4) is 0 Å². The van der Waals surface area contributed by atoms with Crippen molar-refractivity contribution in [1.82, 2.24) is 20.2 Å². The number of H-pyrrole nitrogens is 3. The zero-order chi connectivity index (χ0) is 10.4. The van der Waals surface area contributed by atoms with Gasteiger partial charge in [0.05, 0.1) is 16.4 Å². The molecule has 0 bridgehead atoms. The minimum absolute atomic E-state index is 0.211. The molecular weight excluding hydrogens is 212 g/mol.